The molecule has 2 aliphatic rings. The molecule has 1 saturated heterocycles. The second-order valence-electron chi connectivity index (χ2n) is 7.69. The lowest BCUT2D eigenvalue weighted by Crippen LogP contribution is -2.44. The highest BCUT2D eigenvalue weighted by atomic mass is 16.5. The molecule has 1 saturated carbocycles. The van der Waals surface area contributed by atoms with Crippen LogP contribution in [0.4, 0.5) is 4.79 Å². The number of nitrogens with zero attached hydrogens (tertiary/aromatic N) is 2. The number of ether oxygens (including phenoxy) is 1. The van der Waals surface area contributed by atoms with Gasteiger partial charge in [-0.15, -0.1) is 0 Å². The van der Waals surface area contributed by atoms with Gasteiger partial charge in [-0.25, -0.2) is 9.78 Å². The predicted molar refractivity (Wildman–Crippen MR) is 103 cm³/mol. The van der Waals surface area contributed by atoms with E-state index in [0.29, 0.717) is 31.7 Å². The van der Waals surface area contributed by atoms with Crippen LogP contribution in [0.5, 0.6) is 5.88 Å². The maximum Gasteiger partial charge on any atom is 0.325 e. The molecule has 2 N–H and O–H groups in total. The van der Waals surface area contributed by atoms with Gasteiger partial charge in [0.05, 0.1) is 6.10 Å². The lowest BCUT2D eigenvalue weighted by Gasteiger charge is -2.19. The molecular formula is C20H28N4O4. The summed E-state index contributed by atoms with van der Waals surface area (Å²) in [7, 11) is 0. The summed E-state index contributed by atoms with van der Waals surface area (Å²) in [5.41, 5.74) is 0.119. The van der Waals surface area contributed by atoms with Crippen molar-refractivity contribution >= 4 is 17.8 Å². The van der Waals surface area contributed by atoms with Crippen molar-refractivity contribution in [3.63, 3.8) is 0 Å². The van der Waals surface area contributed by atoms with Crippen molar-refractivity contribution < 1.29 is 19.1 Å². The molecule has 0 atom stereocenters. The summed E-state index contributed by atoms with van der Waals surface area (Å²) in [5, 5.41) is 5.70. The Labute approximate surface area is 165 Å². The SMILES string of the molecule is CC(C)Oc1ncccc1CNC(=O)CCCN1C(=O)NC2(CCCC2)C1=O. The molecule has 28 heavy (non-hydrogen) atoms. The van der Waals surface area contributed by atoms with Crippen LogP contribution in [0, 0.1) is 0 Å². The van der Waals surface area contributed by atoms with Gasteiger partial charge in [0.15, 0.2) is 0 Å². The van der Waals surface area contributed by atoms with Gasteiger partial charge in [0, 0.05) is 31.3 Å². The molecule has 0 unspecified atom stereocenters. The van der Waals surface area contributed by atoms with E-state index in [9.17, 15) is 14.4 Å². The molecule has 2 fully saturated rings. The monoisotopic (exact) mass is 388 g/mol. The largest absolute Gasteiger partial charge is 0.475 e. The van der Waals surface area contributed by atoms with Crippen LogP contribution in [0.1, 0.15) is 57.9 Å². The standard InChI is InChI=1S/C20H28N4O4/c1-14(2)28-17-15(7-5-11-21-17)13-22-16(25)8-6-12-24-18(26)20(23-19(24)27)9-3-4-10-20/h5,7,11,14H,3-4,6,8-10,12-13H2,1-2H3,(H,22,25)(H,23,27). The van der Waals surface area contributed by atoms with E-state index in [-0.39, 0.29) is 36.9 Å². The number of carbonyl (C=O) groups excluding carboxylic acids is 3. The van der Waals surface area contributed by atoms with Crippen LogP contribution in [0.15, 0.2) is 18.3 Å². The van der Waals surface area contributed by atoms with Crippen molar-refractivity contribution in [3.8, 4) is 5.88 Å². The number of hydrogen-bond acceptors (Lipinski definition) is 5. The van der Waals surface area contributed by atoms with Crippen molar-refractivity contribution in [2.75, 3.05) is 6.54 Å². The molecule has 152 valence electrons. The van der Waals surface area contributed by atoms with Crippen LogP contribution >= 0.6 is 0 Å². The molecule has 8 heteroatoms. The highest BCUT2D eigenvalue weighted by molar-refractivity contribution is 6.07. The fraction of sp³-hybridized carbons (Fsp3) is 0.600. The number of imide groups is 1. The average molecular weight is 388 g/mol. The average Bonchev–Trinajstić information content (AvgIpc) is 3.21. The summed E-state index contributed by atoms with van der Waals surface area (Å²) >= 11 is 0. The van der Waals surface area contributed by atoms with E-state index in [1.165, 1.54) is 4.90 Å². The fourth-order valence-corrected chi connectivity index (χ4v) is 3.76. The molecular weight excluding hydrogens is 360 g/mol. The van der Waals surface area contributed by atoms with Crippen molar-refractivity contribution in [3.05, 3.63) is 23.9 Å². The van der Waals surface area contributed by atoms with E-state index >= 15 is 0 Å². The van der Waals surface area contributed by atoms with Gasteiger partial charge in [-0.05, 0) is 39.2 Å². The molecule has 4 amide bonds. The molecule has 3 rings (SSSR count). The zero-order valence-electron chi connectivity index (χ0n) is 16.5. The topological polar surface area (TPSA) is 101 Å². The lowest BCUT2D eigenvalue weighted by atomic mass is 9.98. The Morgan fingerprint density at radius 3 is 2.82 bits per heavy atom. The minimum absolute atomic E-state index is 0.00310. The third-order valence-electron chi connectivity index (χ3n) is 5.16. The van der Waals surface area contributed by atoms with Gasteiger partial charge in [-0.2, -0.15) is 0 Å². The summed E-state index contributed by atoms with van der Waals surface area (Å²) in [6.45, 7) is 4.42. The number of carbonyl (C=O) groups is 3. The van der Waals surface area contributed by atoms with E-state index in [4.69, 9.17) is 4.74 Å². The van der Waals surface area contributed by atoms with Crippen molar-refractivity contribution in [2.45, 2.75) is 70.6 Å². The van der Waals surface area contributed by atoms with Crippen molar-refractivity contribution in [1.29, 1.82) is 0 Å². The third-order valence-corrected chi connectivity index (χ3v) is 5.16. The molecule has 0 radical (unpaired) electrons. The minimum Gasteiger partial charge on any atom is -0.475 e. The Balaban J connectivity index is 1.44. The predicted octanol–water partition coefficient (Wildman–Crippen LogP) is 2.13. The summed E-state index contributed by atoms with van der Waals surface area (Å²) in [6, 6.07) is 3.32. The first-order chi connectivity index (χ1) is 13.4. The van der Waals surface area contributed by atoms with E-state index in [1.807, 2.05) is 19.9 Å². The highest BCUT2D eigenvalue weighted by Crippen LogP contribution is 2.35. The second-order valence-corrected chi connectivity index (χ2v) is 7.69. The van der Waals surface area contributed by atoms with Gasteiger partial charge in [0.25, 0.3) is 5.91 Å². The van der Waals surface area contributed by atoms with Gasteiger partial charge in [-0.1, -0.05) is 18.9 Å². The molecule has 1 spiro atoms. The Morgan fingerprint density at radius 1 is 1.36 bits per heavy atom. The Morgan fingerprint density at radius 2 is 2.11 bits per heavy atom. The first-order valence-corrected chi connectivity index (χ1v) is 9.93. The quantitative estimate of drug-likeness (QED) is 0.665. The fourth-order valence-electron chi connectivity index (χ4n) is 3.76. The van der Waals surface area contributed by atoms with E-state index < -0.39 is 5.54 Å². The highest BCUT2D eigenvalue weighted by Gasteiger charge is 2.51. The van der Waals surface area contributed by atoms with Crippen molar-refractivity contribution in [1.82, 2.24) is 20.5 Å². The van der Waals surface area contributed by atoms with Crippen molar-refractivity contribution in [2.24, 2.45) is 0 Å². The summed E-state index contributed by atoms with van der Waals surface area (Å²) in [5.74, 6) is 0.238. The molecule has 0 aromatic carbocycles. The Bertz CT molecular complexity index is 743. The lowest BCUT2D eigenvalue weighted by molar-refractivity contribution is -0.131. The van der Waals surface area contributed by atoms with Gasteiger partial charge < -0.3 is 15.4 Å². The van der Waals surface area contributed by atoms with Crippen LogP contribution < -0.4 is 15.4 Å². The van der Waals surface area contributed by atoms with Gasteiger partial charge in [0.1, 0.15) is 5.54 Å². The smallest absolute Gasteiger partial charge is 0.325 e. The van der Waals surface area contributed by atoms with Crippen LogP contribution in [0.25, 0.3) is 0 Å². The molecule has 1 aromatic rings. The summed E-state index contributed by atoms with van der Waals surface area (Å²) < 4.78 is 5.64. The molecule has 1 aliphatic heterocycles. The molecule has 8 nitrogen and oxygen atoms in total. The van der Waals surface area contributed by atoms with Gasteiger partial charge in [0.2, 0.25) is 11.8 Å². The maximum atomic E-state index is 12.6. The first-order valence-electron chi connectivity index (χ1n) is 9.93. The Kier molecular flexibility index (Phi) is 6.16. The van der Waals surface area contributed by atoms with Crippen LogP contribution in [0.3, 0.4) is 0 Å². The molecule has 0 bridgehead atoms. The van der Waals surface area contributed by atoms with E-state index in [2.05, 4.69) is 15.6 Å². The van der Waals surface area contributed by atoms with Gasteiger partial charge >= 0.3 is 6.03 Å². The number of aromatic nitrogens is 1. The van der Waals surface area contributed by atoms with Gasteiger partial charge in [-0.3, -0.25) is 14.5 Å². The number of amides is 4. The number of urea groups is 1. The normalized spacial score (nSPS) is 18.0. The maximum absolute atomic E-state index is 12.6. The second kappa shape index (κ2) is 8.58. The minimum atomic E-state index is -0.688. The molecule has 2 heterocycles. The first kappa shape index (κ1) is 20.1. The Hall–Kier alpha value is -2.64. The molecule has 1 aromatic heterocycles. The third kappa shape index (κ3) is 4.43. The summed E-state index contributed by atoms with van der Waals surface area (Å²) in [6.07, 6.45) is 5.66. The van der Waals surface area contributed by atoms with E-state index in [1.54, 1.807) is 12.3 Å². The number of rotatable bonds is 8. The van der Waals surface area contributed by atoms with E-state index in [0.717, 1.165) is 18.4 Å². The zero-order chi connectivity index (χ0) is 20.1. The summed E-state index contributed by atoms with van der Waals surface area (Å²) in [4.78, 5) is 42.3. The van der Waals surface area contributed by atoms with Crippen LogP contribution in [-0.2, 0) is 16.1 Å². The van der Waals surface area contributed by atoms with Crippen LogP contribution in [-0.4, -0.2) is 45.9 Å². The number of nitrogens with one attached hydrogen (secondary N) is 2. The number of hydrogen-bond donors (Lipinski definition) is 2. The number of pyridine rings is 1. The van der Waals surface area contributed by atoms with Crippen LogP contribution in [0.2, 0.25) is 0 Å². The zero-order valence-corrected chi connectivity index (χ0v) is 16.5. The molecule has 1 aliphatic carbocycles.